The van der Waals surface area contributed by atoms with E-state index in [2.05, 4.69) is 195 Å². The highest BCUT2D eigenvalue weighted by Gasteiger charge is 2.27. The van der Waals surface area contributed by atoms with Crippen LogP contribution in [-0.2, 0) is 0 Å². The van der Waals surface area contributed by atoms with Crippen LogP contribution in [0.5, 0.6) is 5.75 Å². The molecule has 49 heavy (non-hydrogen) atoms. The number of hydrogen-bond donors (Lipinski definition) is 0. The van der Waals surface area contributed by atoms with E-state index in [9.17, 15) is 0 Å². The number of nitrogens with zero attached hydrogens (tertiary/aromatic N) is 2. The zero-order chi connectivity index (χ0) is 34.2. The second kappa shape index (κ2) is 15.3. The van der Waals surface area contributed by atoms with Gasteiger partial charge in [-0.1, -0.05) is 96.3 Å². The van der Waals surface area contributed by atoms with E-state index in [1.165, 1.54) is 21.5 Å². The van der Waals surface area contributed by atoms with Crippen molar-refractivity contribution in [2.45, 2.75) is 39.8 Å². The minimum Gasteiger partial charge on any atom is -0.494 e. The van der Waals surface area contributed by atoms with Gasteiger partial charge in [0.1, 0.15) is 13.8 Å². The van der Waals surface area contributed by atoms with Gasteiger partial charge in [0.05, 0.1) is 6.61 Å². The van der Waals surface area contributed by atoms with Crippen molar-refractivity contribution in [3.63, 3.8) is 0 Å². The largest absolute Gasteiger partial charge is 0.494 e. The fraction of sp³-hybridized carbons (Fsp3) is 0.156. The predicted octanol–water partition coefficient (Wildman–Crippen LogP) is 11.4. The second-order valence-corrected chi connectivity index (χ2v) is 17.6. The smallest absolute Gasteiger partial charge is 0.119 e. The first kappa shape index (κ1) is 33.6. The summed E-state index contributed by atoms with van der Waals surface area (Å²) in [5.41, 5.74) is 9.30. The van der Waals surface area contributed by atoms with Gasteiger partial charge in [-0.25, -0.2) is 0 Å². The minimum absolute atomic E-state index is 0.689. The van der Waals surface area contributed by atoms with Crippen molar-refractivity contribution in [3.8, 4) is 5.75 Å². The van der Waals surface area contributed by atoms with E-state index in [0.717, 1.165) is 52.7 Å². The van der Waals surface area contributed by atoms with Gasteiger partial charge in [-0.2, -0.15) is 0 Å². The van der Waals surface area contributed by atoms with Crippen molar-refractivity contribution in [2.24, 2.45) is 0 Å². The van der Waals surface area contributed by atoms with Crippen LogP contribution in [0, 0.1) is 13.8 Å². The lowest BCUT2D eigenvalue weighted by Crippen LogP contribution is -2.52. The molecule has 0 bridgehead atoms. The first-order chi connectivity index (χ1) is 23.8. The predicted molar refractivity (Wildman–Crippen MR) is 213 cm³/mol. The molecule has 0 aromatic heterocycles. The lowest BCUT2D eigenvalue weighted by atomic mass is 10.1. The molecule has 4 heteroatoms. The molecule has 246 valence electrons. The number of rotatable bonds is 13. The molecule has 0 unspecified atom stereocenters. The Labute approximate surface area is 293 Å². The Hall–Kier alpha value is -5.32. The van der Waals surface area contributed by atoms with E-state index in [-0.39, 0.29) is 0 Å². The maximum atomic E-state index is 5.97. The third-order valence-electron chi connectivity index (χ3n) is 9.14. The molecular weight excluding hydrogens is 613 g/mol. The van der Waals surface area contributed by atoms with E-state index in [1.54, 1.807) is 0 Å². The highest BCUT2D eigenvalue weighted by atomic mass is 28.3. The van der Waals surface area contributed by atoms with Gasteiger partial charge in [0.2, 0.25) is 0 Å². The van der Waals surface area contributed by atoms with Crippen molar-refractivity contribution in [1.29, 1.82) is 0 Å². The number of anilines is 6. The molecule has 0 aliphatic rings. The molecule has 0 radical (unpaired) electrons. The Morgan fingerprint density at radius 3 is 1.41 bits per heavy atom. The van der Waals surface area contributed by atoms with Crippen molar-refractivity contribution in [3.05, 3.63) is 175 Å². The molecule has 3 nitrogen and oxygen atoms in total. The summed E-state index contributed by atoms with van der Waals surface area (Å²) in [6.45, 7) is 13.7. The van der Waals surface area contributed by atoms with Gasteiger partial charge in [-0.3, -0.25) is 0 Å². The molecule has 0 amide bonds. The van der Waals surface area contributed by atoms with E-state index < -0.39 is 8.07 Å². The molecule has 0 heterocycles. The first-order valence-corrected chi connectivity index (χ1v) is 20.2. The van der Waals surface area contributed by atoms with E-state index >= 15 is 0 Å². The quantitative estimate of drug-likeness (QED) is 0.0698. The summed E-state index contributed by atoms with van der Waals surface area (Å²) in [4.78, 5) is 4.66. The van der Waals surface area contributed by atoms with Crippen molar-refractivity contribution in [1.82, 2.24) is 0 Å². The second-order valence-electron chi connectivity index (χ2n) is 13.2. The molecule has 0 aliphatic heterocycles. The van der Waals surface area contributed by atoms with E-state index in [1.807, 2.05) is 6.08 Å². The Balaban J connectivity index is 1.27. The third-order valence-corrected chi connectivity index (χ3v) is 12.7. The Bertz CT molecular complexity index is 1970. The average Bonchev–Trinajstić information content (AvgIpc) is 3.12. The summed E-state index contributed by atoms with van der Waals surface area (Å²) in [5, 5.41) is 2.80. The maximum absolute atomic E-state index is 5.97. The summed E-state index contributed by atoms with van der Waals surface area (Å²) >= 11 is 0. The molecule has 0 N–H and O–H groups in total. The number of unbranched alkanes of at least 4 members (excludes halogenated alkanes) is 1. The lowest BCUT2D eigenvalue weighted by Gasteiger charge is -2.29. The Kier molecular flexibility index (Phi) is 10.5. The zero-order valence-corrected chi connectivity index (χ0v) is 30.1. The summed E-state index contributed by atoms with van der Waals surface area (Å²) in [6.07, 6.45) is 3.86. The molecule has 6 rings (SSSR count). The average molecular weight is 659 g/mol. The SMILES string of the molecule is C=CCCCOc1ccc(N(c2ccc([Si](C)(C)c3ccc(N(c4ccccc4)c4cccc(C)c4)cc3)cc2)c2cccc(C)c2)cc1. The fourth-order valence-corrected chi connectivity index (χ4v) is 8.67. The summed E-state index contributed by atoms with van der Waals surface area (Å²) < 4.78 is 5.97. The van der Waals surface area contributed by atoms with Gasteiger partial charge >= 0.3 is 0 Å². The molecule has 6 aromatic rings. The lowest BCUT2D eigenvalue weighted by molar-refractivity contribution is 0.312. The number of hydrogen-bond acceptors (Lipinski definition) is 3. The number of aryl methyl sites for hydroxylation is 2. The molecule has 0 spiro atoms. The zero-order valence-electron chi connectivity index (χ0n) is 29.1. The van der Waals surface area contributed by atoms with Crippen molar-refractivity contribution in [2.75, 3.05) is 16.4 Å². The van der Waals surface area contributed by atoms with Gasteiger partial charge in [0.15, 0.2) is 0 Å². The molecule has 0 saturated heterocycles. The monoisotopic (exact) mass is 658 g/mol. The summed E-state index contributed by atoms with van der Waals surface area (Å²) in [5.74, 6) is 0.886. The number of ether oxygens (including phenoxy) is 1. The molecule has 0 aliphatic carbocycles. The molecule has 0 atom stereocenters. The number of para-hydroxylation sites is 1. The fourth-order valence-electron chi connectivity index (χ4n) is 6.34. The normalized spacial score (nSPS) is 11.2. The third kappa shape index (κ3) is 7.88. The highest BCUT2D eigenvalue weighted by molar-refractivity contribution is 7.00. The van der Waals surface area contributed by atoms with Gasteiger partial charge in [0, 0.05) is 34.1 Å². The van der Waals surface area contributed by atoms with Gasteiger partial charge in [-0.05, 0) is 123 Å². The van der Waals surface area contributed by atoms with Crippen LogP contribution in [0.15, 0.2) is 164 Å². The van der Waals surface area contributed by atoms with E-state index in [4.69, 9.17) is 4.74 Å². The first-order valence-electron chi connectivity index (χ1n) is 17.2. The van der Waals surface area contributed by atoms with Gasteiger partial charge in [-0.15, -0.1) is 6.58 Å². The van der Waals surface area contributed by atoms with Crippen LogP contribution in [0.1, 0.15) is 24.0 Å². The van der Waals surface area contributed by atoms with Crippen LogP contribution in [0.25, 0.3) is 0 Å². The Morgan fingerprint density at radius 1 is 0.531 bits per heavy atom. The number of allylic oxidation sites excluding steroid dienone is 1. The van der Waals surface area contributed by atoms with Crippen LogP contribution in [0.2, 0.25) is 13.1 Å². The summed E-state index contributed by atoms with van der Waals surface area (Å²) in [7, 11) is -1.99. The standard InChI is InChI=1S/C45H46N2OSi/c1-6-7-11-32-48-43-26-20-38(21-27-43)47(42-19-13-15-36(3)34-42)40-24-30-45(31-25-40)49(4,5)44-28-22-39(23-29-44)46(37-16-9-8-10-17-37)41-18-12-14-35(2)33-41/h6,8-10,12-31,33-34H,1,7,11,32H2,2-5H3. The van der Waals surface area contributed by atoms with Crippen LogP contribution < -0.4 is 24.9 Å². The van der Waals surface area contributed by atoms with Gasteiger partial charge in [0.25, 0.3) is 0 Å². The molecule has 0 fully saturated rings. The van der Waals surface area contributed by atoms with Crippen molar-refractivity contribution >= 4 is 52.6 Å². The van der Waals surface area contributed by atoms with Crippen LogP contribution in [-0.4, -0.2) is 14.7 Å². The maximum Gasteiger partial charge on any atom is 0.119 e. The minimum atomic E-state index is -1.99. The molecule has 0 saturated carbocycles. The number of benzene rings is 6. The van der Waals surface area contributed by atoms with E-state index in [0.29, 0.717) is 6.61 Å². The van der Waals surface area contributed by atoms with Crippen LogP contribution in [0.3, 0.4) is 0 Å². The summed E-state index contributed by atoms with van der Waals surface area (Å²) in [6, 6.07) is 54.9. The molecular formula is C45H46N2OSi. The highest BCUT2D eigenvalue weighted by Crippen LogP contribution is 2.36. The van der Waals surface area contributed by atoms with Crippen molar-refractivity contribution < 1.29 is 4.74 Å². The van der Waals surface area contributed by atoms with Gasteiger partial charge < -0.3 is 14.5 Å². The Morgan fingerprint density at radius 2 is 0.959 bits per heavy atom. The van der Waals surface area contributed by atoms with Crippen LogP contribution >= 0.6 is 0 Å². The topological polar surface area (TPSA) is 15.7 Å². The van der Waals surface area contributed by atoms with Crippen LogP contribution in [0.4, 0.5) is 34.1 Å². The molecule has 6 aromatic carbocycles.